The summed E-state index contributed by atoms with van der Waals surface area (Å²) in [5.41, 5.74) is -0.0848. The molecule has 2 aromatic rings. The lowest BCUT2D eigenvalue weighted by Crippen LogP contribution is -2.34. The van der Waals surface area contributed by atoms with Gasteiger partial charge in [-0.2, -0.15) is 0 Å². The van der Waals surface area contributed by atoms with Crippen LogP contribution in [0.5, 0.6) is 5.75 Å². The average molecular weight is 374 g/mol. The number of nitrogens with one attached hydrogen (secondary N) is 2. The van der Waals surface area contributed by atoms with E-state index in [9.17, 15) is 24.8 Å². The Kier molecular flexibility index (Phi) is 5.81. The molecule has 0 fully saturated rings. The molecular weight excluding hydrogens is 362 g/mol. The third-order valence-electron chi connectivity index (χ3n) is 3.22. The Morgan fingerprint density at radius 2 is 1.88 bits per heavy atom. The molecular formula is C16H12N3O6S-. The highest BCUT2D eigenvalue weighted by atomic mass is 32.1. The summed E-state index contributed by atoms with van der Waals surface area (Å²) in [6.45, 7) is 0. The summed E-state index contributed by atoms with van der Waals surface area (Å²) in [4.78, 5) is 33.4. The van der Waals surface area contributed by atoms with Crippen molar-refractivity contribution in [3.05, 3.63) is 63.7 Å². The standard InChI is InChI=1S/C16H13N3O6S/c1-25-13-6-5-9(8-12(13)19(23)24)14(20)18-16(26)17-11-4-2-3-10(7-11)15(21)22/h2-8H,1H3,(H,21,22)(H2,17,18,20,26)/p-1. The molecule has 0 saturated carbocycles. The number of ether oxygens (including phenoxy) is 1. The molecule has 2 rings (SSSR count). The molecule has 2 aromatic carbocycles. The first-order valence-electron chi connectivity index (χ1n) is 7.08. The van der Waals surface area contributed by atoms with Crippen molar-refractivity contribution in [2.75, 3.05) is 12.4 Å². The van der Waals surface area contributed by atoms with Crippen LogP contribution in [0.15, 0.2) is 42.5 Å². The second-order valence-electron chi connectivity index (χ2n) is 4.92. The highest BCUT2D eigenvalue weighted by molar-refractivity contribution is 7.80. The summed E-state index contributed by atoms with van der Waals surface area (Å²) in [6.07, 6.45) is 0. The maximum absolute atomic E-state index is 12.2. The monoisotopic (exact) mass is 374 g/mol. The lowest BCUT2D eigenvalue weighted by molar-refractivity contribution is -0.385. The van der Waals surface area contributed by atoms with Gasteiger partial charge in [0, 0.05) is 17.3 Å². The number of carboxylic acids is 1. The predicted molar refractivity (Wildman–Crippen MR) is 94.1 cm³/mol. The van der Waals surface area contributed by atoms with E-state index in [4.69, 9.17) is 17.0 Å². The molecule has 0 heterocycles. The van der Waals surface area contributed by atoms with Crippen molar-refractivity contribution in [1.29, 1.82) is 0 Å². The maximum Gasteiger partial charge on any atom is 0.311 e. The molecule has 2 N–H and O–H groups in total. The number of anilines is 1. The average Bonchev–Trinajstić information content (AvgIpc) is 2.61. The summed E-state index contributed by atoms with van der Waals surface area (Å²) >= 11 is 4.99. The Balaban J connectivity index is 2.11. The first-order chi connectivity index (χ1) is 12.3. The van der Waals surface area contributed by atoms with E-state index in [0.717, 1.165) is 6.07 Å². The summed E-state index contributed by atoms with van der Waals surface area (Å²) < 4.78 is 4.87. The molecule has 0 aliphatic rings. The van der Waals surface area contributed by atoms with Gasteiger partial charge in [-0.15, -0.1) is 0 Å². The minimum Gasteiger partial charge on any atom is -0.545 e. The number of hydrogen-bond acceptors (Lipinski definition) is 7. The lowest BCUT2D eigenvalue weighted by atomic mass is 10.1. The quantitative estimate of drug-likeness (QED) is 0.451. The zero-order valence-corrected chi connectivity index (χ0v) is 14.2. The van der Waals surface area contributed by atoms with E-state index in [1.165, 1.54) is 37.4 Å². The molecule has 0 unspecified atom stereocenters. The number of aromatic carboxylic acids is 1. The summed E-state index contributed by atoms with van der Waals surface area (Å²) in [6, 6.07) is 9.36. The van der Waals surface area contributed by atoms with Crippen molar-refractivity contribution in [1.82, 2.24) is 5.32 Å². The molecule has 10 heteroatoms. The van der Waals surface area contributed by atoms with Gasteiger partial charge in [-0.3, -0.25) is 20.2 Å². The van der Waals surface area contributed by atoms with Gasteiger partial charge in [0.05, 0.1) is 18.0 Å². The van der Waals surface area contributed by atoms with E-state index in [-0.39, 0.29) is 27.7 Å². The molecule has 9 nitrogen and oxygen atoms in total. The minimum absolute atomic E-state index is 0.00476. The van der Waals surface area contributed by atoms with Crippen LogP contribution in [0.2, 0.25) is 0 Å². The fraction of sp³-hybridized carbons (Fsp3) is 0.0625. The first-order valence-corrected chi connectivity index (χ1v) is 7.49. The zero-order chi connectivity index (χ0) is 19.3. The SMILES string of the molecule is COc1ccc(C(=O)NC(=S)Nc2cccc(C(=O)[O-])c2)cc1[N+](=O)[O-]. The fourth-order valence-electron chi connectivity index (χ4n) is 2.04. The maximum atomic E-state index is 12.2. The van der Waals surface area contributed by atoms with Crippen LogP contribution in [0.1, 0.15) is 20.7 Å². The van der Waals surface area contributed by atoms with Gasteiger partial charge in [0.15, 0.2) is 10.9 Å². The number of nitro groups is 1. The number of thiocarbonyl (C=S) groups is 1. The number of rotatable bonds is 5. The molecule has 0 atom stereocenters. The Morgan fingerprint density at radius 1 is 1.15 bits per heavy atom. The largest absolute Gasteiger partial charge is 0.545 e. The summed E-state index contributed by atoms with van der Waals surface area (Å²) in [5, 5.41) is 26.7. The number of hydrogen-bond donors (Lipinski definition) is 2. The second kappa shape index (κ2) is 8.03. The smallest absolute Gasteiger partial charge is 0.311 e. The zero-order valence-electron chi connectivity index (χ0n) is 13.3. The molecule has 134 valence electrons. The van der Waals surface area contributed by atoms with Crippen molar-refractivity contribution in [3.8, 4) is 5.75 Å². The normalized spacial score (nSPS) is 9.88. The van der Waals surface area contributed by atoms with Crippen LogP contribution in [-0.2, 0) is 0 Å². The number of benzene rings is 2. The third kappa shape index (κ3) is 4.51. The van der Waals surface area contributed by atoms with Crippen LogP contribution in [0, 0.1) is 10.1 Å². The minimum atomic E-state index is -1.35. The van der Waals surface area contributed by atoms with Crippen LogP contribution < -0.4 is 20.5 Å². The van der Waals surface area contributed by atoms with Gasteiger partial charge < -0.3 is 20.0 Å². The van der Waals surface area contributed by atoms with E-state index < -0.39 is 16.8 Å². The van der Waals surface area contributed by atoms with Gasteiger partial charge in [-0.05, 0) is 42.0 Å². The molecule has 0 aliphatic carbocycles. The number of carbonyl (C=O) groups is 2. The fourth-order valence-corrected chi connectivity index (χ4v) is 2.25. The number of amides is 1. The van der Waals surface area contributed by atoms with Crippen molar-refractivity contribution >= 4 is 40.6 Å². The van der Waals surface area contributed by atoms with Gasteiger partial charge in [0.1, 0.15) is 0 Å². The molecule has 0 bridgehead atoms. The molecule has 26 heavy (non-hydrogen) atoms. The Labute approximate surface area is 152 Å². The van der Waals surface area contributed by atoms with Crippen LogP contribution >= 0.6 is 12.2 Å². The lowest BCUT2D eigenvalue weighted by Gasteiger charge is -2.11. The van der Waals surface area contributed by atoms with E-state index >= 15 is 0 Å². The molecule has 0 aliphatic heterocycles. The molecule has 0 radical (unpaired) electrons. The third-order valence-corrected chi connectivity index (χ3v) is 3.43. The molecule has 0 saturated heterocycles. The Morgan fingerprint density at radius 3 is 2.50 bits per heavy atom. The van der Waals surface area contributed by atoms with E-state index in [0.29, 0.717) is 5.69 Å². The van der Waals surface area contributed by atoms with Crippen LogP contribution in [0.25, 0.3) is 0 Å². The van der Waals surface area contributed by atoms with Gasteiger partial charge in [0.2, 0.25) is 0 Å². The van der Waals surface area contributed by atoms with Gasteiger partial charge in [-0.25, -0.2) is 0 Å². The first kappa shape index (κ1) is 18.8. The van der Waals surface area contributed by atoms with Gasteiger partial charge in [-0.1, -0.05) is 12.1 Å². The Hall–Kier alpha value is -3.53. The molecule has 0 aromatic heterocycles. The Bertz CT molecular complexity index is 899. The number of methoxy groups -OCH3 is 1. The van der Waals surface area contributed by atoms with E-state index in [1.54, 1.807) is 6.07 Å². The van der Waals surface area contributed by atoms with Gasteiger partial charge in [0.25, 0.3) is 5.91 Å². The molecule has 1 amide bonds. The van der Waals surface area contributed by atoms with E-state index in [1.807, 2.05) is 0 Å². The predicted octanol–water partition coefficient (Wildman–Crippen LogP) is 1.09. The number of carbonyl (C=O) groups excluding carboxylic acids is 2. The van der Waals surface area contributed by atoms with Crippen molar-refractivity contribution in [2.24, 2.45) is 0 Å². The second-order valence-corrected chi connectivity index (χ2v) is 5.33. The van der Waals surface area contributed by atoms with Crippen molar-refractivity contribution in [2.45, 2.75) is 0 Å². The summed E-state index contributed by atoms with van der Waals surface area (Å²) in [7, 11) is 1.28. The van der Waals surface area contributed by atoms with Crippen molar-refractivity contribution < 1.29 is 24.4 Å². The van der Waals surface area contributed by atoms with Crippen molar-refractivity contribution in [3.63, 3.8) is 0 Å². The van der Waals surface area contributed by atoms with Crippen LogP contribution in [0.4, 0.5) is 11.4 Å². The summed E-state index contributed by atoms with van der Waals surface area (Å²) in [5.74, 6) is -2.01. The molecule has 0 spiro atoms. The highest BCUT2D eigenvalue weighted by Gasteiger charge is 2.18. The number of carboxylic acid groups (broad SMARTS) is 1. The number of nitro benzene ring substituents is 1. The number of nitrogens with zero attached hydrogens (tertiary/aromatic N) is 1. The van der Waals surface area contributed by atoms with Crippen LogP contribution in [-0.4, -0.2) is 29.0 Å². The van der Waals surface area contributed by atoms with Gasteiger partial charge >= 0.3 is 5.69 Å². The van der Waals surface area contributed by atoms with E-state index in [2.05, 4.69) is 10.6 Å². The van der Waals surface area contributed by atoms with Crippen LogP contribution in [0.3, 0.4) is 0 Å². The topological polar surface area (TPSA) is 134 Å². The highest BCUT2D eigenvalue weighted by Crippen LogP contribution is 2.27.